The number of rotatable bonds is 5. The largest absolute Gasteiger partial charge is 0.385 e. The van der Waals surface area contributed by atoms with Crippen LogP contribution in [0, 0.1) is 5.92 Å². The third-order valence-corrected chi connectivity index (χ3v) is 3.95. The second-order valence-corrected chi connectivity index (χ2v) is 5.68. The predicted octanol–water partition coefficient (Wildman–Crippen LogP) is 3.52. The number of hydrogen-bond donors (Lipinski definition) is 1. The van der Waals surface area contributed by atoms with E-state index in [0.717, 1.165) is 19.0 Å². The Labute approximate surface area is 111 Å². The predicted molar refractivity (Wildman–Crippen MR) is 79.0 cm³/mol. The first-order chi connectivity index (χ1) is 8.70. The summed E-state index contributed by atoms with van der Waals surface area (Å²) >= 11 is 0. The summed E-state index contributed by atoms with van der Waals surface area (Å²) in [5.41, 5.74) is 4.40. The minimum Gasteiger partial charge on any atom is -0.385 e. The Morgan fingerprint density at radius 3 is 3.00 bits per heavy atom. The zero-order valence-electron chi connectivity index (χ0n) is 12.0. The van der Waals surface area contributed by atoms with Crippen molar-refractivity contribution in [1.29, 1.82) is 0 Å². The maximum atomic E-state index is 3.51. The number of anilines is 1. The van der Waals surface area contributed by atoms with Crippen LogP contribution >= 0.6 is 0 Å². The SMILES string of the molecule is CCC(C)CN(C)Cc1cccc2c1CCCN2. The van der Waals surface area contributed by atoms with Crippen molar-refractivity contribution in [3.63, 3.8) is 0 Å². The van der Waals surface area contributed by atoms with Gasteiger partial charge in [-0.2, -0.15) is 0 Å². The summed E-state index contributed by atoms with van der Waals surface area (Å²) in [6, 6.07) is 6.69. The second kappa shape index (κ2) is 6.24. The fourth-order valence-electron chi connectivity index (χ4n) is 2.75. The van der Waals surface area contributed by atoms with Gasteiger partial charge in [0.1, 0.15) is 0 Å². The Morgan fingerprint density at radius 1 is 1.39 bits per heavy atom. The molecule has 1 atom stereocenters. The van der Waals surface area contributed by atoms with Gasteiger partial charge >= 0.3 is 0 Å². The lowest BCUT2D eigenvalue weighted by Gasteiger charge is -2.25. The zero-order valence-corrected chi connectivity index (χ0v) is 12.0. The molecule has 0 spiro atoms. The van der Waals surface area contributed by atoms with Gasteiger partial charge in [-0.05, 0) is 43.0 Å². The molecule has 0 amide bonds. The van der Waals surface area contributed by atoms with Gasteiger partial charge in [0, 0.05) is 25.3 Å². The van der Waals surface area contributed by atoms with Crippen molar-refractivity contribution in [3.05, 3.63) is 29.3 Å². The maximum absolute atomic E-state index is 3.51. The molecule has 0 bridgehead atoms. The fraction of sp³-hybridized carbons (Fsp3) is 0.625. The second-order valence-electron chi connectivity index (χ2n) is 5.68. The van der Waals surface area contributed by atoms with E-state index >= 15 is 0 Å². The Bertz CT molecular complexity index is 387. The highest BCUT2D eigenvalue weighted by atomic mass is 15.1. The van der Waals surface area contributed by atoms with Crippen LogP contribution in [0.1, 0.15) is 37.8 Å². The van der Waals surface area contributed by atoms with Crippen molar-refractivity contribution in [2.75, 3.05) is 25.5 Å². The molecule has 2 heteroatoms. The minimum atomic E-state index is 0.785. The van der Waals surface area contributed by atoms with Gasteiger partial charge < -0.3 is 10.2 Å². The van der Waals surface area contributed by atoms with Gasteiger partial charge in [0.2, 0.25) is 0 Å². The molecule has 2 rings (SSSR count). The number of hydrogen-bond acceptors (Lipinski definition) is 2. The molecule has 1 aromatic carbocycles. The van der Waals surface area contributed by atoms with E-state index in [9.17, 15) is 0 Å². The van der Waals surface area contributed by atoms with Gasteiger partial charge in [-0.15, -0.1) is 0 Å². The molecule has 2 nitrogen and oxygen atoms in total. The summed E-state index contributed by atoms with van der Waals surface area (Å²) in [7, 11) is 2.24. The molecular formula is C16H26N2. The zero-order chi connectivity index (χ0) is 13.0. The van der Waals surface area contributed by atoms with Gasteiger partial charge in [0.15, 0.2) is 0 Å². The van der Waals surface area contributed by atoms with Gasteiger partial charge in [0.25, 0.3) is 0 Å². The van der Waals surface area contributed by atoms with Crippen LogP contribution in [-0.4, -0.2) is 25.0 Å². The maximum Gasteiger partial charge on any atom is 0.0375 e. The molecule has 0 fully saturated rings. The van der Waals surface area contributed by atoms with Crippen LogP contribution in [0.25, 0.3) is 0 Å². The molecule has 100 valence electrons. The molecule has 1 N–H and O–H groups in total. The van der Waals surface area contributed by atoms with E-state index in [1.54, 1.807) is 5.56 Å². The average molecular weight is 246 g/mol. The first-order valence-corrected chi connectivity index (χ1v) is 7.24. The molecule has 0 aliphatic carbocycles. The summed E-state index contributed by atoms with van der Waals surface area (Å²) < 4.78 is 0. The van der Waals surface area contributed by atoms with E-state index in [1.165, 1.54) is 37.1 Å². The molecule has 0 aromatic heterocycles. The van der Waals surface area contributed by atoms with Gasteiger partial charge in [-0.3, -0.25) is 0 Å². The number of nitrogens with one attached hydrogen (secondary N) is 1. The highest BCUT2D eigenvalue weighted by Crippen LogP contribution is 2.26. The van der Waals surface area contributed by atoms with Crippen LogP contribution in [0.3, 0.4) is 0 Å². The normalized spacial score (nSPS) is 16.2. The molecule has 1 aliphatic heterocycles. The van der Waals surface area contributed by atoms with E-state index in [0.29, 0.717) is 0 Å². The number of benzene rings is 1. The molecule has 1 aliphatic rings. The number of nitrogens with zero attached hydrogens (tertiary/aromatic N) is 1. The van der Waals surface area contributed by atoms with Gasteiger partial charge in [0.05, 0.1) is 0 Å². The fourth-order valence-corrected chi connectivity index (χ4v) is 2.75. The smallest absolute Gasteiger partial charge is 0.0375 e. The molecular weight excluding hydrogens is 220 g/mol. The van der Waals surface area contributed by atoms with E-state index in [1.807, 2.05) is 0 Å². The van der Waals surface area contributed by atoms with Crippen molar-refractivity contribution in [2.45, 2.75) is 39.7 Å². The quantitative estimate of drug-likeness (QED) is 0.855. The van der Waals surface area contributed by atoms with Crippen molar-refractivity contribution in [1.82, 2.24) is 4.90 Å². The van der Waals surface area contributed by atoms with Crippen LogP contribution < -0.4 is 5.32 Å². The Morgan fingerprint density at radius 2 is 2.22 bits per heavy atom. The molecule has 0 radical (unpaired) electrons. The Balaban J connectivity index is 2.05. The number of fused-ring (bicyclic) bond motifs is 1. The van der Waals surface area contributed by atoms with Crippen LogP contribution in [0.4, 0.5) is 5.69 Å². The lowest BCUT2D eigenvalue weighted by Crippen LogP contribution is -2.25. The first kappa shape index (κ1) is 13.4. The van der Waals surface area contributed by atoms with Crippen LogP contribution in [0.2, 0.25) is 0 Å². The Hall–Kier alpha value is -1.02. The van der Waals surface area contributed by atoms with Gasteiger partial charge in [-0.1, -0.05) is 32.4 Å². The van der Waals surface area contributed by atoms with Crippen LogP contribution in [0.5, 0.6) is 0 Å². The third-order valence-electron chi connectivity index (χ3n) is 3.95. The van der Waals surface area contributed by atoms with E-state index in [-0.39, 0.29) is 0 Å². The standard InChI is InChI=1S/C16H26N2/c1-4-13(2)11-18(3)12-14-7-5-9-16-15(14)8-6-10-17-16/h5,7,9,13,17H,4,6,8,10-12H2,1-3H3. The van der Waals surface area contributed by atoms with Crippen molar-refractivity contribution < 1.29 is 0 Å². The summed E-state index contributed by atoms with van der Waals surface area (Å²) in [5, 5.41) is 3.51. The lowest BCUT2D eigenvalue weighted by atomic mass is 9.97. The lowest BCUT2D eigenvalue weighted by molar-refractivity contribution is 0.274. The minimum absolute atomic E-state index is 0.785. The molecule has 1 aromatic rings. The Kier molecular flexibility index (Phi) is 4.65. The summed E-state index contributed by atoms with van der Waals surface area (Å²) in [4.78, 5) is 2.46. The molecule has 1 unspecified atom stereocenters. The average Bonchev–Trinajstić information content (AvgIpc) is 2.39. The summed E-state index contributed by atoms with van der Waals surface area (Å²) in [5.74, 6) is 0.785. The van der Waals surface area contributed by atoms with Gasteiger partial charge in [-0.25, -0.2) is 0 Å². The molecule has 1 heterocycles. The van der Waals surface area contributed by atoms with Crippen molar-refractivity contribution in [2.24, 2.45) is 5.92 Å². The first-order valence-electron chi connectivity index (χ1n) is 7.24. The third kappa shape index (κ3) is 3.26. The highest BCUT2D eigenvalue weighted by molar-refractivity contribution is 5.56. The summed E-state index contributed by atoms with van der Waals surface area (Å²) in [6.07, 6.45) is 3.76. The highest BCUT2D eigenvalue weighted by Gasteiger charge is 2.14. The van der Waals surface area contributed by atoms with E-state index in [4.69, 9.17) is 0 Å². The van der Waals surface area contributed by atoms with E-state index in [2.05, 4.69) is 49.3 Å². The monoisotopic (exact) mass is 246 g/mol. The topological polar surface area (TPSA) is 15.3 Å². The van der Waals surface area contributed by atoms with E-state index < -0.39 is 0 Å². The van der Waals surface area contributed by atoms with Crippen molar-refractivity contribution in [3.8, 4) is 0 Å². The van der Waals surface area contributed by atoms with Crippen LogP contribution in [0.15, 0.2) is 18.2 Å². The van der Waals surface area contributed by atoms with Crippen molar-refractivity contribution >= 4 is 5.69 Å². The molecule has 0 saturated carbocycles. The molecule has 18 heavy (non-hydrogen) atoms. The molecule has 0 saturated heterocycles. The summed E-state index contributed by atoms with van der Waals surface area (Å²) in [6.45, 7) is 7.99. The van der Waals surface area contributed by atoms with Crippen LogP contribution in [-0.2, 0) is 13.0 Å².